The van der Waals surface area contributed by atoms with Crippen LogP contribution in [0.5, 0.6) is 0 Å². The van der Waals surface area contributed by atoms with Crippen molar-refractivity contribution in [3.8, 4) is 17.1 Å². The third-order valence-electron chi connectivity index (χ3n) is 6.34. The average Bonchev–Trinajstić information content (AvgIpc) is 3.25. The lowest BCUT2D eigenvalue weighted by Gasteiger charge is -2.43. The first kappa shape index (κ1) is 18.1. The Kier molecular flexibility index (Phi) is 4.88. The highest BCUT2D eigenvalue weighted by Gasteiger charge is 2.37. The van der Waals surface area contributed by atoms with Crippen molar-refractivity contribution >= 4 is 5.91 Å². The van der Waals surface area contributed by atoms with Crippen LogP contribution < -0.4 is 0 Å². The second-order valence-electron chi connectivity index (χ2n) is 8.13. The summed E-state index contributed by atoms with van der Waals surface area (Å²) in [5.41, 5.74) is 1.86. The van der Waals surface area contributed by atoms with Crippen molar-refractivity contribution in [2.24, 2.45) is 5.92 Å². The van der Waals surface area contributed by atoms with E-state index in [2.05, 4.69) is 10.00 Å². The summed E-state index contributed by atoms with van der Waals surface area (Å²) < 4.78 is 1.80. The largest absolute Gasteiger partial charge is 0.333 e. The molecule has 0 unspecified atom stereocenters. The zero-order chi connectivity index (χ0) is 19.6. The summed E-state index contributed by atoms with van der Waals surface area (Å²) in [4.78, 5) is 20.3. The number of fused-ring (bicyclic) bond motifs is 1. The first-order valence-corrected chi connectivity index (χ1v) is 10.7. The van der Waals surface area contributed by atoms with Gasteiger partial charge in [-0.3, -0.25) is 4.79 Å². The third-order valence-corrected chi connectivity index (χ3v) is 6.34. The van der Waals surface area contributed by atoms with Gasteiger partial charge in [-0.1, -0.05) is 61.4 Å². The normalized spacial score (nSPS) is 21.6. The van der Waals surface area contributed by atoms with E-state index in [0.717, 1.165) is 30.6 Å². The van der Waals surface area contributed by atoms with Crippen LogP contribution in [0.1, 0.15) is 49.1 Å². The number of hydrogen-bond acceptors (Lipinski definition) is 3. The number of benzene rings is 2. The van der Waals surface area contributed by atoms with E-state index in [9.17, 15) is 4.79 Å². The van der Waals surface area contributed by atoms with E-state index in [1.54, 1.807) is 4.68 Å². The number of nitrogens with zero attached hydrogens (tertiary/aromatic N) is 4. The topological polar surface area (TPSA) is 51.0 Å². The van der Waals surface area contributed by atoms with Crippen LogP contribution in [0.3, 0.4) is 0 Å². The SMILES string of the molecule is O=C(c1nc(-c2ccccc2)n(-c2ccccc2)n1)N1CCC[C@H]2CCCC[C@@H]21. The van der Waals surface area contributed by atoms with Crippen LogP contribution in [0.2, 0.25) is 0 Å². The number of likely N-dealkylation sites (tertiary alicyclic amines) is 1. The number of rotatable bonds is 3. The molecule has 1 aliphatic carbocycles. The van der Waals surface area contributed by atoms with Crippen LogP contribution in [-0.2, 0) is 0 Å². The van der Waals surface area contributed by atoms with Gasteiger partial charge in [0.05, 0.1) is 5.69 Å². The second-order valence-corrected chi connectivity index (χ2v) is 8.13. The molecule has 1 aliphatic heterocycles. The van der Waals surface area contributed by atoms with Crippen LogP contribution >= 0.6 is 0 Å². The van der Waals surface area contributed by atoms with E-state index in [1.807, 2.05) is 60.7 Å². The molecule has 0 N–H and O–H groups in total. The number of hydrogen-bond donors (Lipinski definition) is 0. The van der Waals surface area contributed by atoms with Crippen LogP contribution in [0, 0.1) is 5.92 Å². The Hall–Kier alpha value is -2.95. The van der Waals surface area contributed by atoms with Crippen molar-refractivity contribution in [3.05, 3.63) is 66.5 Å². The van der Waals surface area contributed by atoms with E-state index in [4.69, 9.17) is 4.98 Å². The molecule has 2 aromatic carbocycles. The fraction of sp³-hybridized carbons (Fsp3) is 0.375. The molecule has 3 aromatic rings. The van der Waals surface area contributed by atoms with Gasteiger partial charge in [-0.15, -0.1) is 5.10 Å². The van der Waals surface area contributed by atoms with E-state index >= 15 is 0 Å². The Morgan fingerprint density at radius 2 is 1.55 bits per heavy atom. The van der Waals surface area contributed by atoms with Crippen molar-refractivity contribution < 1.29 is 4.79 Å². The lowest BCUT2D eigenvalue weighted by molar-refractivity contribution is 0.0379. The Bertz CT molecular complexity index is 924. The van der Waals surface area contributed by atoms with Gasteiger partial charge in [0.25, 0.3) is 5.91 Å². The zero-order valence-corrected chi connectivity index (χ0v) is 16.6. The lowest BCUT2D eigenvalue weighted by atomic mass is 9.78. The van der Waals surface area contributed by atoms with E-state index in [0.29, 0.717) is 23.6 Å². The van der Waals surface area contributed by atoms with Crippen molar-refractivity contribution in [1.82, 2.24) is 19.7 Å². The van der Waals surface area contributed by atoms with Gasteiger partial charge < -0.3 is 4.90 Å². The third kappa shape index (κ3) is 3.46. The van der Waals surface area contributed by atoms with Crippen molar-refractivity contribution in [2.75, 3.05) is 6.54 Å². The molecular formula is C24H26N4O. The predicted molar refractivity (Wildman–Crippen MR) is 113 cm³/mol. The predicted octanol–water partition coefficient (Wildman–Crippen LogP) is 4.73. The molecule has 5 nitrogen and oxygen atoms in total. The summed E-state index contributed by atoms with van der Waals surface area (Å²) in [5.74, 6) is 1.64. The molecule has 1 amide bonds. The molecule has 0 radical (unpaired) electrons. The van der Waals surface area contributed by atoms with Gasteiger partial charge in [0, 0.05) is 18.2 Å². The van der Waals surface area contributed by atoms with Crippen molar-refractivity contribution in [3.63, 3.8) is 0 Å². The molecule has 0 bridgehead atoms. The number of aromatic nitrogens is 3. The minimum absolute atomic E-state index is 0.0199. The van der Waals surface area contributed by atoms with Gasteiger partial charge in [-0.2, -0.15) is 0 Å². The molecule has 29 heavy (non-hydrogen) atoms. The van der Waals surface area contributed by atoms with Gasteiger partial charge in [0.1, 0.15) is 0 Å². The van der Waals surface area contributed by atoms with Crippen LogP contribution in [-0.4, -0.2) is 38.2 Å². The summed E-state index contributed by atoms with van der Waals surface area (Å²) in [6.07, 6.45) is 7.19. The average molecular weight is 386 g/mol. The maximum Gasteiger partial charge on any atom is 0.293 e. The molecule has 5 rings (SSSR count). The summed E-state index contributed by atoms with van der Waals surface area (Å²) in [6.45, 7) is 0.820. The smallest absolute Gasteiger partial charge is 0.293 e. The molecule has 0 spiro atoms. The van der Waals surface area contributed by atoms with Crippen LogP contribution in [0.4, 0.5) is 0 Å². The van der Waals surface area contributed by atoms with Crippen molar-refractivity contribution in [2.45, 2.75) is 44.6 Å². The summed E-state index contributed by atoms with van der Waals surface area (Å²) >= 11 is 0. The van der Waals surface area contributed by atoms with Crippen LogP contribution in [0.25, 0.3) is 17.1 Å². The first-order valence-electron chi connectivity index (χ1n) is 10.7. The number of para-hydroxylation sites is 1. The molecule has 2 heterocycles. The molecule has 2 aliphatic rings. The van der Waals surface area contributed by atoms with E-state index in [-0.39, 0.29) is 5.91 Å². The lowest BCUT2D eigenvalue weighted by Crippen LogP contribution is -2.49. The van der Waals surface area contributed by atoms with Gasteiger partial charge in [0.2, 0.25) is 5.82 Å². The van der Waals surface area contributed by atoms with E-state index < -0.39 is 0 Å². The Morgan fingerprint density at radius 1 is 0.862 bits per heavy atom. The fourth-order valence-corrected chi connectivity index (χ4v) is 4.93. The number of carbonyl (C=O) groups excluding carboxylic acids is 1. The molecule has 1 aromatic heterocycles. The highest BCUT2D eigenvalue weighted by Crippen LogP contribution is 2.36. The van der Waals surface area contributed by atoms with Gasteiger partial charge in [-0.05, 0) is 43.7 Å². The summed E-state index contributed by atoms with van der Waals surface area (Å²) in [6, 6.07) is 20.2. The molecule has 2 fully saturated rings. The Labute approximate surface area is 171 Å². The molecule has 1 saturated heterocycles. The molecule has 5 heteroatoms. The minimum atomic E-state index is -0.0199. The minimum Gasteiger partial charge on any atom is -0.333 e. The maximum atomic E-state index is 13.5. The maximum absolute atomic E-state index is 13.5. The Morgan fingerprint density at radius 3 is 2.34 bits per heavy atom. The monoisotopic (exact) mass is 386 g/mol. The van der Waals surface area contributed by atoms with Gasteiger partial charge >= 0.3 is 0 Å². The fourth-order valence-electron chi connectivity index (χ4n) is 4.93. The summed E-state index contributed by atoms with van der Waals surface area (Å²) in [5, 5.41) is 4.68. The van der Waals surface area contributed by atoms with Gasteiger partial charge in [0.15, 0.2) is 5.82 Å². The number of carbonyl (C=O) groups is 1. The molecular weight excluding hydrogens is 360 g/mol. The van der Waals surface area contributed by atoms with Crippen molar-refractivity contribution in [1.29, 1.82) is 0 Å². The first-order chi connectivity index (χ1) is 14.3. The Balaban J connectivity index is 1.53. The highest BCUT2D eigenvalue weighted by atomic mass is 16.2. The number of amides is 1. The van der Waals surface area contributed by atoms with Gasteiger partial charge in [-0.25, -0.2) is 9.67 Å². The summed E-state index contributed by atoms with van der Waals surface area (Å²) in [7, 11) is 0. The zero-order valence-electron chi connectivity index (χ0n) is 16.6. The highest BCUT2D eigenvalue weighted by molar-refractivity contribution is 5.91. The quantitative estimate of drug-likeness (QED) is 0.654. The van der Waals surface area contributed by atoms with Crippen LogP contribution in [0.15, 0.2) is 60.7 Å². The molecule has 2 atom stereocenters. The second kappa shape index (κ2) is 7.82. The van der Waals surface area contributed by atoms with E-state index in [1.165, 1.54) is 25.7 Å². The standard InChI is InChI=1S/C24H26N4O/c29-24(27-17-9-13-18-10-7-8-16-21(18)27)22-25-23(19-11-3-1-4-12-19)28(26-22)20-14-5-2-6-15-20/h1-6,11-12,14-15,18,21H,7-10,13,16-17H2/t18-,21+/m1/s1. The molecule has 1 saturated carbocycles. The number of piperidine rings is 1. The molecule has 148 valence electrons.